The van der Waals surface area contributed by atoms with E-state index in [0.29, 0.717) is 0 Å². The van der Waals surface area contributed by atoms with E-state index in [1.807, 2.05) is 30.2 Å². The van der Waals surface area contributed by atoms with Gasteiger partial charge in [0.2, 0.25) is 0 Å². The van der Waals surface area contributed by atoms with Crippen LogP contribution in [-0.2, 0) is 20.5 Å². The lowest BCUT2D eigenvalue weighted by Gasteiger charge is -2.19. The fourth-order valence-corrected chi connectivity index (χ4v) is 5.26. The van der Waals surface area contributed by atoms with Crippen LogP contribution in [0.3, 0.4) is 0 Å². The lowest BCUT2D eigenvalue weighted by Crippen LogP contribution is -2.22. The molecule has 1 N–H and O–H groups in total. The summed E-state index contributed by atoms with van der Waals surface area (Å²) in [4.78, 5) is 7.26. The van der Waals surface area contributed by atoms with Gasteiger partial charge in [-0.25, -0.2) is 4.98 Å². The van der Waals surface area contributed by atoms with E-state index in [2.05, 4.69) is 61.8 Å². The summed E-state index contributed by atoms with van der Waals surface area (Å²) in [6.45, 7) is 2.36. The summed E-state index contributed by atoms with van der Waals surface area (Å²) < 4.78 is 7.45. The fourth-order valence-electron chi connectivity index (χ4n) is 4.58. The van der Waals surface area contributed by atoms with Gasteiger partial charge in [0.25, 0.3) is 0 Å². The van der Waals surface area contributed by atoms with Crippen molar-refractivity contribution in [3.63, 3.8) is 0 Å². The third-order valence-electron chi connectivity index (χ3n) is 6.38. The highest BCUT2D eigenvalue weighted by Crippen LogP contribution is 2.40. The molecule has 1 saturated carbocycles. The molecule has 0 unspecified atom stereocenters. The summed E-state index contributed by atoms with van der Waals surface area (Å²) in [5.74, 6) is 0.899. The maximum Gasteiger partial charge on any atom is 0.142 e. The second-order valence-electron chi connectivity index (χ2n) is 8.73. The van der Waals surface area contributed by atoms with Crippen molar-refractivity contribution in [3.05, 3.63) is 54.5 Å². The molecule has 2 aliphatic rings. The van der Waals surface area contributed by atoms with Gasteiger partial charge < -0.3 is 14.2 Å². The molecule has 0 spiro atoms. The van der Waals surface area contributed by atoms with Gasteiger partial charge in [-0.1, -0.05) is 12.1 Å². The van der Waals surface area contributed by atoms with E-state index in [1.165, 1.54) is 53.7 Å². The normalized spacial score (nSPS) is 15.6. The smallest absolute Gasteiger partial charge is 0.142 e. The Labute approximate surface area is 186 Å². The number of nitrogens with one attached hydrogen (secondary N) is 1. The van der Waals surface area contributed by atoms with Gasteiger partial charge in [-0.15, -0.1) is 0 Å². The van der Waals surface area contributed by atoms with Crippen LogP contribution in [0.15, 0.2) is 53.9 Å². The Bertz CT molecular complexity index is 1270. The Morgan fingerprint density at radius 1 is 1.16 bits per heavy atom. The molecule has 1 fully saturated rings. The monoisotopic (exact) mass is 430 g/mol. The van der Waals surface area contributed by atoms with Gasteiger partial charge in [-0.3, -0.25) is 4.68 Å². The molecule has 6 nitrogen and oxygen atoms in total. The highest BCUT2D eigenvalue weighted by atomic mass is 32.2. The minimum absolute atomic E-state index is 0.899. The van der Waals surface area contributed by atoms with Crippen LogP contribution in [0.2, 0.25) is 0 Å². The second-order valence-corrected chi connectivity index (χ2v) is 9.55. The van der Waals surface area contributed by atoms with Crippen molar-refractivity contribution in [2.24, 2.45) is 20.0 Å². The molecule has 4 aromatic rings. The van der Waals surface area contributed by atoms with Crippen LogP contribution in [0, 0.1) is 5.92 Å². The first-order chi connectivity index (χ1) is 15.2. The van der Waals surface area contributed by atoms with Crippen molar-refractivity contribution in [1.29, 1.82) is 0 Å². The molecule has 6 rings (SSSR count). The largest absolute Gasteiger partial charge is 0.371 e. The van der Waals surface area contributed by atoms with E-state index in [4.69, 9.17) is 0 Å². The quantitative estimate of drug-likeness (QED) is 0.443. The van der Waals surface area contributed by atoms with Crippen LogP contribution in [0.5, 0.6) is 0 Å². The molecule has 1 aliphatic carbocycles. The zero-order chi connectivity index (χ0) is 20.9. The number of pyridine rings is 1. The van der Waals surface area contributed by atoms with Gasteiger partial charge in [0.15, 0.2) is 0 Å². The first-order valence-corrected chi connectivity index (χ1v) is 11.7. The first kappa shape index (κ1) is 18.8. The second kappa shape index (κ2) is 7.34. The minimum atomic E-state index is 0.899. The van der Waals surface area contributed by atoms with Gasteiger partial charge >= 0.3 is 0 Å². The third-order valence-corrected chi connectivity index (χ3v) is 7.12. The molecule has 0 bridgehead atoms. The Balaban J connectivity index is 1.39. The number of nitrogens with zero attached hydrogens (tertiary/aromatic N) is 5. The van der Waals surface area contributed by atoms with Gasteiger partial charge in [0, 0.05) is 69.0 Å². The highest BCUT2D eigenvalue weighted by Gasteiger charge is 2.28. The molecular weight excluding hydrogens is 404 g/mol. The summed E-state index contributed by atoms with van der Waals surface area (Å²) in [5.41, 5.74) is 7.42. The fraction of sp³-hybridized carbons (Fsp3) is 0.333. The topological polar surface area (TPSA) is 50.9 Å². The number of fused-ring (bicyclic) bond motifs is 2. The van der Waals surface area contributed by atoms with Crippen molar-refractivity contribution < 1.29 is 0 Å². The van der Waals surface area contributed by atoms with Crippen LogP contribution < -0.4 is 9.62 Å². The lowest BCUT2D eigenvalue weighted by molar-refractivity contribution is 0.738. The van der Waals surface area contributed by atoms with Crippen LogP contribution >= 0.6 is 11.9 Å². The van der Waals surface area contributed by atoms with Crippen LogP contribution in [0.1, 0.15) is 18.4 Å². The molecule has 7 heteroatoms. The number of aryl methyl sites for hydroxylation is 2. The van der Waals surface area contributed by atoms with E-state index in [1.54, 1.807) is 0 Å². The number of anilines is 2. The third kappa shape index (κ3) is 3.47. The summed E-state index contributed by atoms with van der Waals surface area (Å²) in [6.07, 6.45) is 9.97. The summed E-state index contributed by atoms with van der Waals surface area (Å²) in [5, 5.41) is 6.55. The van der Waals surface area contributed by atoms with Crippen molar-refractivity contribution in [2.45, 2.75) is 24.3 Å². The molecule has 0 amide bonds. The Hall–Kier alpha value is -2.93. The van der Waals surface area contributed by atoms with Crippen LogP contribution in [0.4, 0.5) is 11.4 Å². The number of benzene rings is 1. The van der Waals surface area contributed by atoms with Crippen molar-refractivity contribution >= 4 is 34.4 Å². The molecule has 1 aromatic carbocycles. The van der Waals surface area contributed by atoms with Crippen LogP contribution in [0.25, 0.3) is 22.2 Å². The maximum atomic E-state index is 4.67. The van der Waals surface area contributed by atoms with Gasteiger partial charge in [0.1, 0.15) is 10.7 Å². The molecule has 3 aromatic heterocycles. The molecule has 0 radical (unpaired) electrons. The molecule has 0 saturated heterocycles. The Kier molecular flexibility index (Phi) is 4.45. The maximum absolute atomic E-state index is 4.67. The first-order valence-electron chi connectivity index (χ1n) is 10.9. The number of hydrogen-bond acceptors (Lipinski definition) is 5. The van der Waals surface area contributed by atoms with E-state index in [9.17, 15) is 0 Å². The Morgan fingerprint density at radius 2 is 2.06 bits per heavy atom. The van der Waals surface area contributed by atoms with E-state index in [0.717, 1.165) is 40.6 Å². The summed E-state index contributed by atoms with van der Waals surface area (Å²) in [7, 11) is 4.01. The Morgan fingerprint density at radius 3 is 2.87 bits per heavy atom. The van der Waals surface area contributed by atoms with E-state index >= 15 is 0 Å². The molecule has 158 valence electrons. The highest BCUT2D eigenvalue weighted by molar-refractivity contribution is 8.00. The molecule has 1 aliphatic heterocycles. The van der Waals surface area contributed by atoms with Gasteiger partial charge in [-0.05, 0) is 54.5 Å². The van der Waals surface area contributed by atoms with Crippen molar-refractivity contribution in [3.8, 4) is 11.1 Å². The van der Waals surface area contributed by atoms with E-state index < -0.39 is 0 Å². The predicted molar refractivity (Wildman–Crippen MR) is 127 cm³/mol. The van der Waals surface area contributed by atoms with Crippen molar-refractivity contribution in [1.82, 2.24) is 19.3 Å². The zero-order valence-electron chi connectivity index (χ0n) is 17.9. The minimum Gasteiger partial charge on any atom is -0.371 e. The number of hydrogen-bond donors (Lipinski definition) is 1. The standard InChI is InChI=1S/C24H26N6S/c1-28-15-19(18-6-5-17-8-12-30(21(17)13-18)14-16-3-4-16)23-20(7-10-25-24(23)28)27-31-22-9-11-29(2)26-22/h5-7,9-11,13,15-16H,3-4,8,12,14H2,1-2H3,(H,25,27). The van der Waals surface area contributed by atoms with Crippen LogP contribution in [-0.4, -0.2) is 32.4 Å². The predicted octanol–water partition coefficient (Wildman–Crippen LogP) is 4.87. The molecule has 4 heterocycles. The molecule has 31 heavy (non-hydrogen) atoms. The number of rotatable bonds is 6. The molecule has 0 atom stereocenters. The summed E-state index contributed by atoms with van der Waals surface area (Å²) in [6, 6.07) is 11.0. The summed E-state index contributed by atoms with van der Waals surface area (Å²) >= 11 is 1.53. The van der Waals surface area contributed by atoms with Gasteiger partial charge in [-0.2, -0.15) is 5.10 Å². The lowest BCUT2D eigenvalue weighted by atomic mass is 10.0. The van der Waals surface area contributed by atoms with E-state index in [-0.39, 0.29) is 0 Å². The average Bonchev–Trinajstić information content (AvgIpc) is 3.19. The van der Waals surface area contributed by atoms with Gasteiger partial charge in [0.05, 0.1) is 11.1 Å². The SMILES string of the molecule is Cn1ccc(SNc2ccnc3c2c(-c2ccc4c(c2)N(CC2CC2)CC4)cn3C)n1. The van der Waals surface area contributed by atoms with Crippen molar-refractivity contribution in [2.75, 3.05) is 22.7 Å². The zero-order valence-corrected chi connectivity index (χ0v) is 18.7. The average molecular weight is 431 g/mol. The molecular formula is C24H26N6S. The number of aromatic nitrogens is 4.